The molecule has 0 aliphatic rings. The van der Waals surface area contributed by atoms with Crippen molar-refractivity contribution in [2.75, 3.05) is 7.11 Å². The monoisotopic (exact) mass is 376 g/mol. The first-order chi connectivity index (χ1) is 6.49. The standard InChI is InChI=1S/C8H4BrF2IO2/c1-14-8(13)3-2-4(12)5(9)7(11)6(3)10/h2H,1H3. The molecule has 0 bridgehead atoms. The second kappa shape index (κ2) is 4.52. The Morgan fingerprint density at radius 2 is 2.07 bits per heavy atom. The van der Waals surface area contributed by atoms with Crippen LogP contribution in [0.15, 0.2) is 10.5 Å². The molecule has 1 aromatic rings. The van der Waals surface area contributed by atoms with Crippen LogP contribution in [0.3, 0.4) is 0 Å². The van der Waals surface area contributed by atoms with Crippen molar-refractivity contribution in [3.05, 3.63) is 31.3 Å². The van der Waals surface area contributed by atoms with Crippen LogP contribution in [0.5, 0.6) is 0 Å². The van der Waals surface area contributed by atoms with E-state index < -0.39 is 23.2 Å². The molecule has 0 aliphatic carbocycles. The first-order valence-electron chi connectivity index (χ1n) is 3.40. The Bertz CT molecular complexity index is 395. The highest BCUT2D eigenvalue weighted by Crippen LogP contribution is 2.27. The molecule has 1 rings (SSSR count). The van der Waals surface area contributed by atoms with Gasteiger partial charge in [0.25, 0.3) is 0 Å². The molecule has 14 heavy (non-hydrogen) atoms. The van der Waals surface area contributed by atoms with Gasteiger partial charge >= 0.3 is 5.97 Å². The van der Waals surface area contributed by atoms with Gasteiger partial charge in [-0.15, -0.1) is 0 Å². The highest BCUT2D eigenvalue weighted by molar-refractivity contribution is 14.1. The van der Waals surface area contributed by atoms with Crippen molar-refractivity contribution in [1.82, 2.24) is 0 Å². The molecule has 6 heteroatoms. The van der Waals surface area contributed by atoms with Crippen molar-refractivity contribution in [2.24, 2.45) is 0 Å². The van der Waals surface area contributed by atoms with Crippen molar-refractivity contribution >= 4 is 44.5 Å². The summed E-state index contributed by atoms with van der Waals surface area (Å²) in [6.07, 6.45) is 0. The van der Waals surface area contributed by atoms with E-state index in [0.29, 0.717) is 3.57 Å². The molecule has 1 aromatic carbocycles. The number of carbonyl (C=O) groups excluding carboxylic acids is 1. The molecular weight excluding hydrogens is 373 g/mol. The van der Waals surface area contributed by atoms with E-state index >= 15 is 0 Å². The Hall–Kier alpha value is -0.240. The maximum absolute atomic E-state index is 13.2. The summed E-state index contributed by atoms with van der Waals surface area (Å²) in [6.45, 7) is 0. The summed E-state index contributed by atoms with van der Waals surface area (Å²) in [5.74, 6) is -3.19. The van der Waals surface area contributed by atoms with Gasteiger partial charge in [-0.1, -0.05) is 0 Å². The third-order valence-electron chi connectivity index (χ3n) is 1.51. The number of halogens is 4. The molecule has 0 fully saturated rings. The second-order valence-corrected chi connectivity index (χ2v) is 4.29. The molecular formula is C8H4BrF2IO2. The van der Waals surface area contributed by atoms with Crippen LogP contribution < -0.4 is 0 Å². The normalized spacial score (nSPS) is 10.1. The van der Waals surface area contributed by atoms with E-state index in [2.05, 4.69) is 20.7 Å². The van der Waals surface area contributed by atoms with Gasteiger partial charge < -0.3 is 4.74 Å². The zero-order valence-corrected chi connectivity index (χ0v) is 10.6. The smallest absolute Gasteiger partial charge is 0.340 e. The average molecular weight is 377 g/mol. The zero-order chi connectivity index (χ0) is 10.9. The lowest BCUT2D eigenvalue weighted by atomic mass is 10.2. The van der Waals surface area contributed by atoms with Crippen LogP contribution in [0.1, 0.15) is 10.4 Å². The molecule has 0 aliphatic heterocycles. The number of ether oxygens (including phenoxy) is 1. The van der Waals surface area contributed by atoms with Crippen LogP contribution in [-0.4, -0.2) is 13.1 Å². The minimum Gasteiger partial charge on any atom is -0.465 e. The Morgan fingerprint density at radius 3 is 2.57 bits per heavy atom. The van der Waals surface area contributed by atoms with Gasteiger partial charge in [-0.2, -0.15) is 0 Å². The number of hydrogen-bond donors (Lipinski definition) is 0. The number of benzene rings is 1. The fourth-order valence-corrected chi connectivity index (χ4v) is 1.67. The zero-order valence-electron chi connectivity index (χ0n) is 6.91. The van der Waals surface area contributed by atoms with Gasteiger partial charge in [0.05, 0.1) is 17.1 Å². The van der Waals surface area contributed by atoms with Gasteiger partial charge in [0.2, 0.25) is 0 Å². The van der Waals surface area contributed by atoms with Gasteiger partial charge in [0, 0.05) is 3.57 Å². The minimum absolute atomic E-state index is 0.00301. The largest absolute Gasteiger partial charge is 0.465 e. The Balaban J connectivity index is 3.40. The topological polar surface area (TPSA) is 26.3 Å². The van der Waals surface area contributed by atoms with E-state index in [4.69, 9.17) is 0 Å². The molecule has 0 unspecified atom stereocenters. The number of esters is 1. The van der Waals surface area contributed by atoms with Crippen molar-refractivity contribution < 1.29 is 18.3 Å². The fraction of sp³-hybridized carbons (Fsp3) is 0.125. The van der Waals surface area contributed by atoms with E-state index in [-0.39, 0.29) is 4.47 Å². The molecule has 0 heterocycles. The lowest BCUT2D eigenvalue weighted by Gasteiger charge is -2.05. The summed E-state index contributed by atoms with van der Waals surface area (Å²) < 4.78 is 31.0. The van der Waals surface area contributed by atoms with Gasteiger partial charge in [-0.3, -0.25) is 0 Å². The quantitative estimate of drug-likeness (QED) is 0.326. The molecule has 0 amide bonds. The van der Waals surface area contributed by atoms with Gasteiger partial charge in [0.1, 0.15) is 0 Å². The van der Waals surface area contributed by atoms with Gasteiger partial charge in [-0.05, 0) is 44.6 Å². The van der Waals surface area contributed by atoms with Crippen molar-refractivity contribution in [3.8, 4) is 0 Å². The van der Waals surface area contributed by atoms with Crippen molar-refractivity contribution in [1.29, 1.82) is 0 Å². The molecule has 0 aromatic heterocycles. The van der Waals surface area contributed by atoms with E-state index in [1.165, 1.54) is 6.07 Å². The first kappa shape index (κ1) is 11.8. The summed E-state index contributed by atoms with van der Waals surface area (Å²) in [5, 5.41) is 0. The minimum atomic E-state index is -1.20. The first-order valence-corrected chi connectivity index (χ1v) is 5.27. The molecule has 0 N–H and O–H groups in total. The van der Waals surface area contributed by atoms with Crippen LogP contribution in [-0.2, 0) is 4.74 Å². The van der Waals surface area contributed by atoms with Crippen LogP contribution >= 0.6 is 38.5 Å². The maximum Gasteiger partial charge on any atom is 0.340 e. The van der Waals surface area contributed by atoms with E-state index in [1.807, 2.05) is 0 Å². The Morgan fingerprint density at radius 1 is 1.50 bits per heavy atom. The van der Waals surface area contributed by atoms with Crippen LogP contribution in [0, 0.1) is 15.2 Å². The summed E-state index contributed by atoms with van der Waals surface area (Å²) >= 11 is 4.64. The maximum atomic E-state index is 13.2. The van der Waals surface area contributed by atoms with E-state index in [0.717, 1.165) is 7.11 Å². The molecule has 2 nitrogen and oxygen atoms in total. The highest BCUT2D eigenvalue weighted by Gasteiger charge is 2.20. The summed E-state index contributed by atoms with van der Waals surface area (Å²) in [4.78, 5) is 11.0. The average Bonchev–Trinajstić information content (AvgIpc) is 2.19. The number of methoxy groups -OCH3 is 1. The molecule has 0 saturated carbocycles. The van der Waals surface area contributed by atoms with Crippen LogP contribution in [0.4, 0.5) is 8.78 Å². The summed E-state index contributed by atoms with van der Waals surface area (Å²) in [6, 6.07) is 1.22. The van der Waals surface area contributed by atoms with Gasteiger partial charge in [-0.25, -0.2) is 13.6 Å². The van der Waals surface area contributed by atoms with Crippen molar-refractivity contribution in [3.63, 3.8) is 0 Å². The van der Waals surface area contributed by atoms with Crippen LogP contribution in [0.2, 0.25) is 0 Å². The van der Waals surface area contributed by atoms with E-state index in [1.54, 1.807) is 22.6 Å². The predicted octanol–water partition coefficient (Wildman–Crippen LogP) is 3.12. The third-order valence-corrected chi connectivity index (χ3v) is 3.88. The molecule has 0 atom stereocenters. The van der Waals surface area contributed by atoms with Crippen molar-refractivity contribution in [2.45, 2.75) is 0 Å². The summed E-state index contributed by atoms with van der Waals surface area (Å²) in [5.41, 5.74) is -0.405. The molecule has 0 spiro atoms. The molecule has 0 radical (unpaired) electrons. The summed E-state index contributed by atoms with van der Waals surface area (Å²) in [7, 11) is 1.11. The highest BCUT2D eigenvalue weighted by atomic mass is 127. The lowest BCUT2D eigenvalue weighted by Crippen LogP contribution is -2.07. The predicted molar refractivity (Wildman–Crippen MR) is 58.1 cm³/mol. The van der Waals surface area contributed by atoms with Crippen LogP contribution in [0.25, 0.3) is 0 Å². The Kier molecular flexibility index (Phi) is 3.82. The number of hydrogen-bond acceptors (Lipinski definition) is 2. The fourth-order valence-electron chi connectivity index (χ4n) is 0.831. The Labute approximate surface area is 101 Å². The SMILES string of the molecule is COC(=O)c1cc(I)c(Br)c(F)c1F. The number of carbonyl (C=O) groups is 1. The molecule has 76 valence electrons. The second-order valence-electron chi connectivity index (χ2n) is 2.34. The molecule has 0 saturated heterocycles. The number of rotatable bonds is 1. The van der Waals surface area contributed by atoms with Gasteiger partial charge in [0.15, 0.2) is 11.6 Å². The third kappa shape index (κ3) is 2.05. The van der Waals surface area contributed by atoms with E-state index in [9.17, 15) is 13.6 Å². The lowest BCUT2D eigenvalue weighted by molar-refractivity contribution is 0.0594.